The van der Waals surface area contributed by atoms with Gasteiger partial charge < -0.3 is 5.32 Å². The summed E-state index contributed by atoms with van der Waals surface area (Å²) in [6.07, 6.45) is 2.37. The highest BCUT2D eigenvalue weighted by Crippen LogP contribution is 1.99. The Bertz CT molecular complexity index is 135. The van der Waals surface area contributed by atoms with Crippen LogP contribution in [0.2, 0.25) is 0 Å². The molecule has 0 unspecified atom stereocenters. The van der Waals surface area contributed by atoms with Crippen molar-refractivity contribution in [2.75, 3.05) is 6.54 Å². The lowest BCUT2D eigenvalue weighted by molar-refractivity contribution is -0.119. The lowest BCUT2D eigenvalue weighted by atomic mass is 10.1. The van der Waals surface area contributed by atoms with E-state index < -0.39 is 0 Å². The molecule has 0 aliphatic carbocycles. The van der Waals surface area contributed by atoms with Crippen molar-refractivity contribution in [1.29, 1.82) is 0 Å². The van der Waals surface area contributed by atoms with Crippen molar-refractivity contribution in [3.63, 3.8) is 0 Å². The van der Waals surface area contributed by atoms with Gasteiger partial charge in [0.25, 0.3) is 0 Å². The first-order valence-electron chi connectivity index (χ1n) is 4.72. The lowest BCUT2D eigenvalue weighted by Crippen LogP contribution is -2.37. The maximum absolute atomic E-state index is 11.1. The van der Waals surface area contributed by atoms with E-state index in [1.165, 1.54) is 0 Å². The molecule has 0 atom stereocenters. The van der Waals surface area contributed by atoms with E-state index >= 15 is 0 Å². The van der Waals surface area contributed by atoms with Crippen molar-refractivity contribution in [3.8, 4) is 0 Å². The number of rotatable bonds is 5. The van der Waals surface area contributed by atoms with Gasteiger partial charge in [0.2, 0.25) is 0 Å². The fourth-order valence-corrected chi connectivity index (χ4v) is 0.981. The van der Waals surface area contributed by atoms with Gasteiger partial charge in [-0.25, -0.2) is 0 Å². The minimum atomic E-state index is 0.131. The predicted octanol–water partition coefficient (Wildman–Crippen LogP) is 2.13. The fourth-order valence-electron chi connectivity index (χ4n) is 0.981. The van der Waals surface area contributed by atoms with Crippen LogP contribution in [0.5, 0.6) is 0 Å². The second-order valence-corrected chi connectivity index (χ2v) is 4.22. The van der Waals surface area contributed by atoms with Gasteiger partial charge in [-0.3, -0.25) is 4.79 Å². The first kappa shape index (κ1) is 11.6. The summed E-state index contributed by atoms with van der Waals surface area (Å²) in [7, 11) is 0. The highest BCUT2D eigenvalue weighted by Gasteiger charge is 2.08. The minimum absolute atomic E-state index is 0.131. The van der Waals surface area contributed by atoms with E-state index in [-0.39, 0.29) is 5.54 Å². The maximum Gasteiger partial charge on any atom is 0.134 e. The average Bonchev–Trinajstić information content (AvgIpc) is 1.84. The molecule has 0 spiro atoms. The van der Waals surface area contributed by atoms with E-state index in [1.807, 2.05) is 6.92 Å². The van der Waals surface area contributed by atoms with E-state index in [0.717, 1.165) is 19.4 Å². The van der Waals surface area contributed by atoms with Crippen LogP contribution >= 0.6 is 0 Å². The largest absolute Gasteiger partial charge is 0.312 e. The molecule has 0 bridgehead atoms. The quantitative estimate of drug-likeness (QED) is 0.686. The molecular weight excluding hydrogens is 150 g/mol. The molecule has 12 heavy (non-hydrogen) atoms. The van der Waals surface area contributed by atoms with Gasteiger partial charge in [0.05, 0.1) is 0 Å². The van der Waals surface area contributed by atoms with E-state index in [1.54, 1.807) is 0 Å². The Kier molecular flexibility index (Phi) is 5.14. The summed E-state index contributed by atoms with van der Waals surface area (Å²) < 4.78 is 0. The normalized spacial score (nSPS) is 11.7. The molecule has 2 nitrogen and oxygen atoms in total. The van der Waals surface area contributed by atoms with Crippen LogP contribution in [0, 0.1) is 0 Å². The smallest absolute Gasteiger partial charge is 0.134 e. The predicted molar refractivity (Wildman–Crippen MR) is 52.3 cm³/mol. The van der Waals surface area contributed by atoms with Gasteiger partial charge in [0.15, 0.2) is 0 Å². The zero-order valence-corrected chi connectivity index (χ0v) is 8.74. The third-order valence-corrected chi connectivity index (χ3v) is 1.59. The summed E-state index contributed by atoms with van der Waals surface area (Å²) in [4.78, 5) is 11.1. The van der Waals surface area contributed by atoms with Crippen LogP contribution in [0.1, 0.15) is 47.0 Å². The van der Waals surface area contributed by atoms with Crippen molar-refractivity contribution in [3.05, 3.63) is 0 Å². The molecule has 0 amide bonds. The maximum atomic E-state index is 11.1. The molecule has 0 heterocycles. The number of hydrogen-bond acceptors (Lipinski definition) is 2. The van der Waals surface area contributed by atoms with Crippen LogP contribution in [0.3, 0.4) is 0 Å². The summed E-state index contributed by atoms with van der Waals surface area (Å²) in [5, 5.41) is 3.29. The topological polar surface area (TPSA) is 29.1 Å². The van der Waals surface area contributed by atoms with E-state index in [2.05, 4.69) is 26.1 Å². The van der Waals surface area contributed by atoms with E-state index in [0.29, 0.717) is 12.2 Å². The Morgan fingerprint density at radius 1 is 1.25 bits per heavy atom. The van der Waals surface area contributed by atoms with Crippen LogP contribution in [-0.4, -0.2) is 17.9 Å². The van der Waals surface area contributed by atoms with Gasteiger partial charge in [-0.05, 0) is 27.2 Å². The minimum Gasteiger partial charge on any atom is -0.312 e. The van der Waals surface area contributed by atoms with Crippen molar-refractivity contribution < 1.29 is 4.79 Å². The number of hydrogen-bond donors (Lipinski definition) is 1. The Hall–Kier alpha value is -0.370. The first-order chi connectivity index (χ1) is 5.45. The highest BCUT2D eigenvalue weighted by atomic mass is 16.1. The van der Waals surface area contributed by atoms with Gasteiger partial charge in [-0.2, -0.15) is 0 Å². The highest BCUT2D eigenvalue weighted by molar-refractivity contribution is 5.78. The Morgan fingerprint density at radius 3 is 2.25 bits per heavy atom. The molecule has 0 saturated heterocycles. The molecule has 1 N–H and O–H groups in total. The molecule has 0 radical (unpaired) electrons. The molecule has 0 aromatic carbocycles. The van der Waals surface area contributed by atoms with Gasteiger partial charge >= 0.3 is 0 Å². The number of Topliss-reactive ketones (excluding diaryl/α,β-unsaturated/α-hetero) is 1. The number of nitrogens with one attached hydrogen (secondary N) is 1. The van der Waals surface area contributed by atoms with Crippen LogP contribution < -0.4 is 5.32 Å². The molecule has 0 aromatic heterocycles. The van der Waals surface area contributed by atoms with Gasteiger partial charge in [-0.15, -0.1) is 0 Å². The zero-order valence-electron chi connectivity index (χ0n) is 8.74. The second kappa shape index (κ2) is 5.31. The zero-order chi connectivity index (χ0) is 9.61. The molecular formula is C10H21NO. The molecule has 0 saturated carbocycles. The molecule has 0 rings (SSSR count). The van der Waals surface area contributed by atoms with Crippen LogP contribution in [0.15, 0.2) is 0 Å². The van der Waals surface area contributed by atoms with Crippen LogP contribution in [-0.2, 0) is 4.79 Å². The van der Waals surface area contributed by atoms with E-state index in [9.17, 15) is 4.79 Å². The lowest BCUT2D eigenvalue weighted by Gasteiger charge is -2.19. The molecule has 0 aliphatic heterocycles. The average molecular weight is 171 g/mol. The third kappa shape index (κ3) is 7.73. The second-order valence-electron chi connectivity index (χ2n) is 4.22. The van der Waals surface area contributed by atoms with Gasteiger partial charge in [0, 0.05) is 24.9 Å². The Labute approximate surface area is 75.7 Å². The van der Waals surface area contributed by atoms with Crippen molar-refractivity contribution >= 4 is 5.78 Å². The van der Waals surface area contributed by atoms with E-state index in [4.69, 9.17) is 0 Å². The summed E-state index contributed by atoms with van der Waals surface area (Å²) in [5.74, 6) is 0.370. The Balaban J connectivity index is 3.37. The monoisotopic (exact) mass is 171 g/mol. The summed E-state index contributed by atoms with van der Waals surface area (Å²) in [5.41, 5.74) is 0.131. The standard InChI is InChI=1S/C10H21NO/c1-5-6-9(12)7-8-11-10(2,3)4/h11H,5-8H2,1-4H3. The number of ketones is 1. The summed E-state index contributed by atoms with van der Waals surface area (Å²) in [6, 6.07) is 0. The molecule has 72 valence electrons. The molecule has 0 aromatic rings. The molecule has 0 aliphatic rings. The van der Waals surface area contributed by atoms with Crippen LogP contribution in [0.4, 0.5) is 0 Å². The first-order valence-corrected chi connectivity index (χ1v) is 4.72. The summed E-state index contributed by atoms with van der Waals surface area (Å²) in [6.45, 7) is 9.17. The van der Waals surface area contributed by atoms with Crippen molar-refractivity contribution in [1.82, 2.24) is 5.32 Å². The molecule has 2 heteroatoms. The molecule has 0 fully saturated rings. The van der Waals surface area contributed by atoms with Crippen molar-refractivity contribution in [2.24, 2.45) is 0 Å². The number of carbonyl (C=O) groups excluding carboxylic acids is 1. The van der Waals surface area contributed by atoms with Crippen molar-refractivity contribution in [2.45, 2.75) is 52.5 Å². The van der Waals surface area contributed by atoms with Gasteiger partial charge in [0.1, 0.15) is 5.78 Å². The van der Waals surface area contributed by atoms with Gasteiger partial charge in [-0.1, -0.05) is 6.92 Å². The Morgan fingerprint density at radius 2 is 1.83 bits per heavy atom. The third-order valence-electron chi connectivity index (χ3n) is 1.59. The SMILES string of the molecule is CCCC(=O)CCNC(C)(C)C. The number of carbonyl (C=O) groups is 1. The van der Waals surface area contributed by atoms with Crippen LogP contribution in [0.25, 0.3) is 0 Å². The fraction of sp³-hybridized carbons (Fsp3) is 0.900. The summed E-state index contributed by atoms with van der Waals surface area (Å²) >= 11 is 0.